The fourth-order valence-corrected chi connectivity index (χ4v) is 5.18. The average molecular weight is 556 g/mol. The summed E-state index contributed by atoms with van der Waals surface area (Å²) in [6.07, 6.45) is 4.87. The summed E-state index contributed by atoms with van der Waals surface area (Å²) in [6, 6.07) is 11.0. The molecule has 1 saturated carbocycles. The van der Waals surface area contributed by atoms with Gasteiger partial charge >= 0.3 is 0 Å². The number of anilines is 2. The largest absolute Gasteiger partial charge is 0.449 e. The second-order valence-corrected chi connectivity index (χ2v) is 9.24. The molecule has 2 fully saturated rings. The van der Waals surface area contributed by atoms with E-state index in [-0.39, 0.29) is 42.4 Å². The van der Waals surface area contributed by atoms with E-state index >= 15 is 0 Å². The topological polar surface area (TPSA) is 102 Å². The van der Waals surface area contributed by atoms with Crippen LogP contribution >= 0.6 is 36.4 Å². The van der Waals surface area contributed by atoms with Gasteiger partial charge < -0.3 is 14.9 Å². The first-order valence-electron chi connectivity index (χ1n) is 11.6. The molecule has 3 aromatic rings. The number of halogens is 3. The quantitative estimate of drug-likeness (QED) is 0.476. The standard InChI is InChI=1S/C25H27ClN4O4.2ClH/c26-17-7-10-21(28-15-17)30(22-19-3-1-2-4-20(19)34-23(22)24(27)31)25(32)16-5-8-18(9-6-16)29-11-13-33-14-12-29;;/h1-4,7,10,15-16,18H,5-6,8-9,11-14H2,(H2,27,31);2*1H. The number of fused-ring (bicyclic) bond motifs is 1. The molecule has 0 atom stereocenters. The lowest BCUT2D eigenvalue weighted by Gasteiger charge is -2.39. The lowest BCUT2D eigenvalue weighted by molar-refractivity contribution is -0.123. The number of carbonyl (C=O) groups is 2. The summed E-state index contributed by atoms with van der Waals surface area (Å²) in [5.74, 6) is -0.755. The van der Waals surface area contributed by atoms with Crippen molar-refractivity contribution in [1.82, 2.24) is 9.88 Å². The predicted molar refractivity (Wildman–Crippen MR) is 144 cm³/mol. The highest BCUT2D eigenvalue weighted by molar-refractivity contribution is 6.30. The summed E-state index contributed by atoms with van der Waals surface area (Å²) in [6.45, 7) is 3.40. The summed E-state index contributed by atoms with van der Waals surface area (Å²) in [4.78, 5) is 34.7. The number of furan rings is 1. The molecule has 0 unspecified atom stereocenters. The number of nitrogens with zero attached hydrogens (tertiary/aromatic N) is 3. The van der Waals surface area contributed by atoms with Crippen LogP contribution in [0, 0.1) is 5.92 Å². The molecule has 2 amide bonds. The lowest BCUT2D eigenvalue weighted by atomic mass is 9.84. The molecule has 0 spiro atoms. The minimum absolute atomic E-state index is 0. The van der Waals surface area contributed by atoms with Crippen molar-refractivity contribution in [2.24, 2.45) is 11.7 Å². The van der Waals surface area contributed by atoms with Crippen LogP contribution in [-0.2, 0) is 9.53 Å². The van der Waals surface area contributed by atoms with Crippen LogP contribution < -0.4 is 10.6 Å². The van der Waals surface area contributed by atoms with Crippen molar-refractivity contribution >= 4 is 70.7 Å². The molecule has 1 saturated heterocycles. The number of hydrogen-bond donors (Lipinski definition) is 1. The van der Waals surface area contributed by atoms with E-state index in [2.05, 4.69) is 9.88 Å². The van der Waals surface area contributed by atoms with Gasteiger partial charge in [-0.05, 0) is 49.9 Å². The Kier molecular flexibility index (Phi) is 9.60. The van der Waals surface area contributed by atoms with Crippen molar-refractivity contribution in [2.45, 2.75) is 31.7 Å². The molecule has 2 N–H and O–H groups in total. The maximum Gasteiger partial charge on any atom is 0.286 e. The molecule has 1 aliphatic carbocycles. The van der Waals surface area contributed by atoms with Crippen LogP contribution in [0.1, 0.15) is 36.2 Å². The SMILES string of the molecule is Cl.Cl.NC(=O)c1oc2ccccc2c1N(C(=O)C1CCC(N2CCOCC2)CC1)c1ccc(Cl)cn1. The third-order valence-corrected chi connectivity index (χ3v) is 7.01. The predicted octanol–water partition coefficient (Wildman–Crippen LogP) is 4.98. The second-order valence-electron chi connectivity index (χ2n) is 8.80. The van der Waals surface area contributed by atoms with E-state index in [1.165, 1.54) is 11.1 Å². The molecule has 8 nitrogen and oxygen atoms in total. The third kappa shape index (κ3) is 5.63. The highest BCUT2D eigenvalue weighted by Crippen LogP contribution is 2.40. The highest BCUT2D eigenvalue weighted by Gasteiger charge is 2.36. The molecule has 1 aromatic carbocycles. The first-order valence-corrected chi connectivity index (χ1v) is 12.0. The number of carbonyl (C=O) groups excluding carboxylic acids is 2. The minimum atomic E-state index is -0.742. The first kappa shape index (κ1) is 28.2. The summed E-state index contributed by atoms with van der Waals surface area (Å²) in [5.41, 5.74) is 6.48. The van der Waals surface area contributed by atoms with Crippen LogP contribution in [0.5, 0.6) is 0 Å². The van der Waals surface area contributed by atoms with Gasteiger partial charge in [0.25, 0.3) is 5.91 Å². The second kappa shape index (κ2) is 12.3. The molecular weight excluding hydrogens is 527 g/mol. The number of rotatable bonds is 5. The van der Waals surface area contributed by atoms with E-state index in [9.17, 15) is 9.59 Å². The normalized spacial score (nSPS) is 20.2. The molecular formula is C25H29Cl3N4O4. The summed E-state index contributed by atoms with van der Waals surface area (Å²) in [7, 11) is 0. The third-order valence-electron chi connectivity index (χ3n) is 6.79. The Morgan fingerprint density at radius 2 is 1.72 bits per heavy atom. The molecule has 0 radical (unpaired) electrons. The van der Waals surface area contributed by atoms with E-state index in [1.54, 1.807) is 24.3 Å². The van der Waals surface area contributed by atoms with Gasteiger partial charge in [0, 0.05) is 36.6 Å². The van der Waals surface area contributed by atoms with Gasteiger partial charge in [-0.15, -0.1) is 24.8 Å². The van der Waals surface area contributed by atoms with Crippen molar-refractivity contribution in [3.05, 3.63) is 53.4 Å². The van der Waals surface area contributed by atoms with Gasteiger partial charge in [0.15, 0.2) is 0 Å². The molecule has 36 heavy (non-hydrogen) atoms. The molecule has 11 heteroatoms. The smallest absolute Gasteiger partial charge is 0.286 e. The number of nitrogens with two attached hydrogens (primary N) is 1. The lowest BCUT2D eigenvalue weighted by Crippen LogP contribution is -2.46. The van der Waals surface area contributed by atoms with Crippen molar-refractivity contribution < 1.29 is 18.7 Å². The van der Waals surface area contributed by atoms with Crippen molar-refractivity contribution in [1.29, 1.82) is 0 Å². The van der Waals surface area contributed by atoms with Crippen molar-refractivity contribution in [2.75, 3.05) is 31.2 Å². The molecule has 1 aliphatic heterocycles. The van der Waals surface area contributed by atoms with Crippen LogP contribution in [0.25, 0.3) is 11.0 Å². The van der Waals surface area contributed by atoms with Crippen LogP contribution in [0.2, 0.25) is 5.02 Å². The van der Waals surface area contributed by atoms with Crippen LogP contribution in [0.3, 0.4) is 0 Å². The number of pyridine rings is 1. The van der Waals surface area contributed by atoms with E-state index in [0.29, 0.717) is 33.5 Å². The molecule has 2 aromatic heterocycles. The Morgan fingerprint density at radius 3 is 2.36 bits per heavy atom. The van der Waals surface area contributed by atoms with Crippen LogP contribution in [0.4, 0.5) is 11.5 Å². The summed E-state index contributed by atoms with van der Waals surface area (Å²) in [5, 5.41) is 1.08. The number of aromatic nitrogens is 1. The average Bonchev–Trinajstić information content (AvgIpc) is 3.26. The van der Waals surface area contributed by atoms with E-state index in [0.717, 1.165) is 52.0 Å². The molecule has 3 heterocycles. The number of ether oxygens (including phenoxy) is 1. The highest BCUT2D eigenvalue weighted by atomic mass is 35.5. The number of morpholine rings is 1. The Balaban J connectivity index is 0.00000180. The van der Waals surface area contributed by atoms with Gasteiger partial charge in [-0.3, -0.25) is 19.4 Å². The number of amides is 2. The summed E-state index contributed by atoms with van der Waals surface area (Å²) >= 11 is 6.06. The van der Waals surface area contributed by atoms with E-state index in [4.69, 9.17) is 26.5 Å². The Hall–Kier alpha value is -2.36. The number of primary amides is 1. The van der Waals surface area contributed by atoms with Crippen LogP contribution in [0.15, 0.2) is 47.0 Å². The minimum Gasteiger partial charge on any atom is -0.449 e. The van der Waals surface area contributed by atoms with Crippen molar-refractivity contribution in [3.8, 4) is 0 Å². The number of benzene rings is 1. The Morgan fingerprint density at radius 1 is 1.03 bits per heavy atom. The summed E-state index contributed by atoms with van der Waals surface area (Å²) < 4.78 is 11.3. The van der Waals surface area contributed by atoms with Gasteiger partial charge in [-0.25, -0.2) is 4.98 Å². The Bertz CT molecular complexity index is 1190. The fraction of sp³-hybridized carbons (Fsp3) is 0.400. The van der Waals surface area contributed by atoms with Crippen molar-refractivity contribution in [3.63, 3.8) is 0 Å². The number of hydrogen-bond acceptors (Lipinski definition) is 6. The van der Waals surface area contributed by atoms with Gasteiger partial charge in [0.1, 0.15) is 17.1 Å². The zero-order chi connectivity index (χ0) is 23.7. The van der Waals surface area contributed by atoms with E-state index in [1.807, 2.05) is 12.1 Å². The Labute approximate surface area is 226 Å². The number of para-hydroxylation sites is 1. The maximum atomic E-state index is 14.0. The first-order chi connectivity index (χ1) is 16.5. The van der Waals surface area contributed by atoms with Gasteiger partial charge in [-0.2, -0.15) is 0 Å². The van der Waals surface area contributed by atoms with Crippen LogP contribution in [-0.4, -0.2) is 54.0 Å². The zero-order valence-electron chi connectivity index (χ0n) is 19.6. The molecule has 0 bridgehead atoms. The zero-order valence-corrected chi connectivity index (χ0v) is 22.0. The fourth-order valence-electron chi connectivity index (χ4n) is 5.07. The molecule has 5 rings (SSSR count). The monoisotopic (exact) mass is 554 g/mol. The van der Waals surface area contributed by atoms with Gasteiger partial charge in [-0.1, -0.05) is 23.7 Å². The maximum absolute atomic E-state index is 14.0. The molecule has 194 valence electrons. The van der Waals surface area contributed by atoms with E-state index < -0.39 is 5.91 Å². The van der Waals surface area contributed by atoms with Gasteiger partial charge in [0.2, 0.25) is 11.7 Å². The molecule has 2 aliphatic rings. The van der Waals surface area contributed by atoms with Gasteiger partial charge in [0.05, 0.1) is 18.2 Å².